The summed E-state index contributed by atoms with van der Waals surface area (Å²) in [5, 5.41) is 3.63. The number of esters is 1. The van der Waals surface area contributed by atoms with Gasteiger partial charge in [-0.15, -0.1) is 5.10 Å². The number of rotatable bonds is 3. The number of halogens is 2. The van der Waals surface area contributed by atoms with Crippen molar-refractivity contribution in [3.8, 4) is 5.69 Å². The maximum atomic E-state index is 13.9. The minimum atomic E-state index is -0.936. The molecule has 0 radical (unpaired) electrons. The molecule has 0 aliphatic heterocycles. The number of hydrogen-bond acceptors (Lipinski definition) is 5. The van der Waals surface area contributed by atoms with Gasteiger partial charge in [-0.05, 0) is 12.1 Å². The molecule has 0 unspecified atom stereocenters. The second-order valence-electron chi connectivity index (χ2n) is 3.66. The lowest BCUT2D eigenvalue weighted by Crippen LogP contribution is -2.12. The Hall–Kier alpha value is -2.42. The number of thiocarbonyl (C=S) groups is 1. The van der Waals surface area contributed by atoms with E-state index in [1.54, 1.807) is 0 Å². The van der Waals surface area contributed by atoms with Crippen molar-refractivity contribution in [2.75, 3.05) is 7.11 Å². The number of methoxy groups -OCH3 is 1. The largest absolute Gasteiger partial charge is 0.463 e. The van der Waals surface area contributed by atoms with Crippen LogP contribution in [0.25, 0.3) is 5.69 Å². The third-order valence-corrected chi connectivity index (χ3v) is 2.63. The number of hydrogen-bond donors (Lipinski definition) is 1. The number of carbonyl (C=O) groups is 1. The fourth-order valence-corrected chi connectivity index (χ4v) is 1.60. The average Bonchev–Trinajstić information content (AvgIpc) is 2.86. The van der Waals surface area contributed by atoms with Gasteiger partial charge < -0.3 is 10.5 Å². The van der Waals surface area contributed by atoms with Gasteiger partial charge in [-0.2, -0.15) is 0 Å². The summed E-state index contributed by atoms with van der Waals surface area (Å²) in [6, 6.07) is 1.94. The van der Waals surface area contributed by atoms with Gasteiger partial charge in [0.25, 0.3) is 5.82 Å². The van der Waals surface area contributed by atoms with Gasteiger partial charge in [-0.25, -0.2) is 23.2 Å². The first kappa shape index (κ1) is 14.0. The van der Waals surface area contributed by atoms with Gasteiger partial charge >= 0.3 is 5.97 Å². The Kier molecular flexibility index (Phi) is 3.70. The molecule has 0 saturated carbocycles. The Labute approximate surface area is 117 Å². The molecule has 0 atom stereocenters. The minimum Gasteiger partial charge on any atom is -0.463 e. The summed E-state index contributed by atoms with van der Waals surface area (Å²) >= 11 is 4.64. The van der Waals surface area contributed by atoms with E-state index in [1.807, 2.05) is 0 Å². The highest BCUT2D eigenvalue weighted by Crippen LogP contribution is 2.19. The predicted molar refractivity (Wildman–Crippen MR) is 68.5 cm³/mol. The van der Waals surface area contributed by atoms with E-state index in [0.29, 0.717) is 0 Å². The van der Waals surface area contributed by atoms with Crippen LogP contribution in [-0.2, 0) is 4.74 Å². The quantitative estimate of drug-likeness (QED) is 0.671. The zero-order chi connectivity index (χ0) is 14.9. The van der Waals surface area contributed by atoms with Crippen LogP contribution in [-0.4, -0.2) is 32.8 Å². The Morgan fingerprint density at radius 2 is 2.00 bits per heavy atom. The number of nitrogens with zero attached hydrogens (tertiary/aromatic N) is 3. The van der Waals surface area contributed by atoms with Crippen LogP contribution in [0.15, 0.2) is 18.5 Å². The highest BCUT2D eigenvalue weighted by atomic mass is 32.1. The van der Waals surface area contributed by atoms with E-state index in [1.165, 1.54) is 0 Å². The van der Waals surface area contributed by atoms with Crippen molar-refractivity contribution in [1.82, 2.24) is 14.8 Å². The molecule has 0 aliphatic rings. The maximum absolute atomic E-state index is 13.9. The molecule has 0 saturated heterocycles. The number of aromatic nitrogens is 3. The van der Waals surface area contributed by atoms with E-state index in [4.69, 9.17) is 5.73 Å². The fraction of sp³-hybridized carbons (Fsp3) is 0.0909. The summed E-state index contributed by atoms with van der Waals surface area (Å²) in [6.45, 7) is 0. The topological polar surface area (TPSA) is 83.0 Å². The molecular formula is C11H8F2N4O2S. The van der Waals surface area contributed by atoms with Crippen LogP contribution in [0, 0.1) is 11.6 Å². The highest BCUT2D eigenvalue weighted by molar-refractivity contribution is 7.80. The summed E-state index contributed by atoms with van der Waals surface area (Å²) < 4.78 is 33.0. The molecule has 2 rings (SSSR count). The van der Waals surface area contributed by atoms with E-state index in [0.717, 1.165) is 30.3 Å². The molecule has 0 amide bonds. The normalized spacial score (nSPS) is 10.3. The van der Waals surface area contributed by atoms with E-state index in [9.17, 15) is 13.6 Å². The lowest BCUT2D eigenvalue weighted by atomic mass is 10.2. The summed E-state index contributed by atoms with van der Waals surface area (Å²) in [5.74, 6) is -3.00. The van der Waals surface area contributed by atoms with Crippen molar-refractivity contribution in [1.29, 1.82) is 0 Å². The summed E-state index contributed by atoms with van der Waals surface area (Å²) in [6.07, 6.45) is 0.994. The van der Waals surface area contributed by atoms with Crippen molar-refractivity contribution in [3.05, 3.63) is 41.5 Å². The van der Waals surface area contributed by atoms with Gasteiger partial charge in [0.15, 0.2) is 11.6 Å². The first-order chi connectivity index (χ1) is 9.43. The third-order valence-electron chi connectivity index (χ3n) is 2.39. The molecule has 1 aromatic heterocycles. The molecule has 9 heteroatoms. The number of benzene rings is 1. The zero-order valence-electron chi connectivity index (χ0n) is 10.1. The summed E-state index contributed by atoms with van der Waals surface area (Å²) in [7, 11) is 1.14. The van der Waals surface area contributed by atoms with E-state index >= 15 is 0 Å². The van der Waals surface area contributed by atoms with Gasteiger partial charge in [-0.3, -0.25) is 0 Å². The maximum Gasteiger partial charge on any atom is 0.377 e. The molecule has 20 heavy (non-hydrogen) atoms. The first-order valence-electron chi connectivity index (χ1n) is 5.23. The molecule has 2 aromatic rings. The number of carbonyl (C=O) groups excluding carboxylic acids is 1. The molecule has 1 heterocycles. The van der Waals surface area contributed by atoms with Crippen LogP contribution in [0.5, 0.6) is 0 Å². The van der Waals surface area contributed by atoms with Crippen LogP contribution in [0.4, 0.5) is 8.78 Å². The molecule has 6 nitrogen and oxygen atoms in total. The molecule has 0 fully saturated rings. The van der Waals surface area contributed by atoms with Crippen molar-refractivity contribution in [2.24, 2.45) is 5.73 Å². The van der Waals surface area contributed by atoms with Crippen molar-refractivity contribution >= 4 is 23.2 Å². The van der Waals surface area contributed by atoms with Crippen LogP contribution in [0.2, 0.25) is 0 Å². The van der Waals surface area contributed by atoms with Gasteiger partial charge in [0.1, 0.15) is 17.0 Å². The number of ether oxygens (including phenoxy) is 1. The van der Waals surface area contributed by atoms with Crippen LogP contribution in [0.1, 0.15) is 16.2 Å². The van der Waals surface area contributed by atoms with Gasteiger partial charge in [-0.1, -0.05) is 12.2 Å². The van der Waals surface area contributed by atoms with Gasteiger partial charge in [0, 0.05) is 5.56 Å². The van der Waals surface area contributed by atoms with E-state index < -0.39 is 23.3 Å². The summed E-state index contributed by atoms with van der Waals surface area (Å²) in [5.41, 5.74) is 4.86. The average molecular weight is 298 g/mol. The van der Waals surface area contributed by atoms with Gasteiger partial charge in [0.2, 0.25) is 0 Å². The zero-order valence-corrected chi connectivity index (χ0v) is 10.9. The lowest BCUT2D eigenvalue weighted by Gasteiger charge is -2.06. The molecule has 104 valence electrons. The van der Waals surface area contributed by atoms with Crippen LogP contribution < -0.4 is 5.73 Å². The third kappa shape index (κ3) is 2.48. The molecule has 0 bridgehead atoms. The summed E-state index contributed by atoms with van der Waals surface area (Å²) in [4.78, 5) is 14.7. The highest BCUT2D eigenvalue weighted by Gasteiger charge is 2.18. The molecule has 1 aromatic carbocycles. The Morgan fingerprint density at radius 3 is 2.50 bits per heavy atom. The van der Waals surface area contributed by atoms with Crippen LogP contribution >= 0.6 is 12.2 Å². The monoisotopic (exact) mass is 298 g/mol. The minimum absolute atomic E-state index is 0.0482. The molecule has 0 aliphatic carbocycles. The lowest BCUT2D eigenvalue weighted by molar-refractivity contribution is 0.0587. The van der Waals surface area contributed by atoms with Crippen molar-refractivity contribution in [2.45, 2.75) is 0 Å². The van der Waals surface area contributed by atoms with Crippen molar-refractivity contribution in [3.63, 3.8) is 0 Å². The van der Waals surface area contributed by atoms with Gasteiger partial charge in [0.05, 0.1) is 7.11 Å². The molecule has 2 N–H and O–H groups in total. The predicted octanol–water partition coefficient (Wildman–Crippen LogP) is 0.966. The number of nitrogens with two attached hydrogens (primary N) is 1. The fourth-order valence-electron chi connectivity index (χ4n) is 1.48. The SMILES string of the molecule is COC(=O)c1ncn(-c2c(F)cc(C(N)=S)cc2F)n1. The Morgan fingerprint density at radius 1 is 1.40 bits per heavy atom. The first-order valence-corrected chi connectivity index (χ1v) is 5.64. The van der Waals surface area contributed by atoms with E-state index in [-0.39, 0.29) is 16.4 Å². The molecular weight excluding hydrogens is 290 g/mol. The second-order valence-corrected chi connectivity index (χ2v) is 4.10. The standard InChI is InChI=1S/C11H8F2N4O2S/c1-19-11(18)10-15-4-17(16-10)8-6(12)2-5(9(14)20)3-7(8)13/h2-4H,1H3,(H2,14,20). The smallest absolute Gasteiger partial charge is 0.377 e. The Balaban J connectivity index is 2.50. The Bertz CT molecular complexity index is 678. The molecule has 0 spiro atoms. The van der Waals surface area contributed by atoms with E-state index in [2.05, 4.69) is 27.0 Å². The second kappa shape index (κ2) is 5.29. The van der Waals surface area contributed by atoms with Crippen LogP contribution in [0.3, 0.4) is 0 Å². The van der Waals surface area contributed by atoms with Crippen molar-refractivity contribution < 1.29 is 18.3 Å².